The first-order chi connectivity index (χ1) is 15.8. The van der Waals surface area contributed by atoms with Crippen LogP contribution in [0.1, 0.15) is 31.2 Å². The average Bonchev–Trinajstić information content (AvgIpc) is 2.83. The number of amides is 1. The van der Waals surface area contributed by atoms with Gasteiger partial charge in [-0.25, -0.2) is 12.8 Å². The van der Waals surface area contributed by atoms with Crippen molar-refractivity contribution < 1.29 is 22.3 Å². The summed E-state index contributed by atoms with van der Waals surface area (Å²) in [6.45, 7) is 2.11. The highest BCUT2D eigenvalue weighted by molar-refractivity contribution is 7.89. The van der Waals surface area contributed by atoms with E-state index in [-0.39, 0.29) is 22.8 Å². The Kier molecular flexibility index (Phi) is 7.38. The van der Waals surface area contributed by atoms with Crippen molar-refractivity contribution in [3.8, 4) is 0 Å². The van der Waals surface area contributed by atoms with Gasteiger partial charge in [0, 0.05) is 43.3 Å². The first-order valence-electron chi connectivity index (χ1n) is 11.2. The Labute approximate surface area is 199 Å². The van der Waals surface area contributed by atoms with Gasteiger partial charge >= 0.3 is 0 Å². The maximum absolute atomic E-state index is 13.2. The van der Waals surface area contributed by atoms with Gasteiger partial charge in [0.25, 0.3) is 0 Å². The fourth-order valence-corrected chi connectivity index (χ4v) is 6.39. The maximum atomic E-state index is 13.2. The molecule has 9 heteroatoms. The smallest absolute Gasteiger partial charge is 0.243 e. The molecule has 0 saturated carbocycles. The van der Waals surface area contributed by atoms with Crippen LogP contribution in [-0.4, -0.2) is 51.5 Å². The molecule has 2 saturated heterocycles. The molecule has 2 aromatic rings. The van der Waals surface area contributed by atoms with E-state index in [1.807, 2.05) is 24.3 Å². The van der Waals surface area contributed by atoms with Gasteiger partial charge in [-0.2, -0.15) is 4.31 Å². The first kappa shape index (κ1) is 24.1. The topological polar surface area (TPSA) is 75.7 Å². The van der Waals surface area contributed by atoms with Gasteiger partial charge in [0.1, 0.15) is 5.82 Å². The van der Waals surface area contributed by atoms with Crippen molar-refractivity contribution in [1.29, 1.82) is 0 Å². The normalized spacial score (nSPS) is 21.5. The quantitative estimate of drug-likeness (QED) is 0.663. The lowest BCUT2D eigenvalue weighted by molar-refractivity contribution is -0.126. The molecule has 2 heterocycles. The number of piperidine rings is 1. The van der Waals surface area contributed by atoms with Crippen LogP contribution in [0.2, 0.25) is 5.02 Å². The number of carbonyl (C=O) groups excluding carboxylic acids is 1. The highest BCUT2D eigenvalue weighted by Gasteiger charge is 2.37. The summed E-state index contributed by atoms with van der Waals surface area (Å²) in [6, 6.07) is 12.5. The van der Waals surface area contributed by atoms with Crippen LogP contribution < -0.4 is 5.32 Å². The summed E-state index contributed by atoms with van der Waals surface area (Å²) in [5.74, 6) is -1.08. The molecule has 1 atom stereocenters. The molecule has 0 radical (unpaired) electrons. The third-order valence-electron chi connectivity index (χ3n) is 6.69. The molecular weight excluding hydrogens is 467 g/mol. The van der Waals surface area contributed by atoms with Crippen molar-refractivity contribution in [3.05, 3.63) is 64.9 Å². The van der Waals surface area contributed by atoms with Crippen LogP contribution in [0, 0.1) is 11.7 Å². The number of halogens is 2. The fourth-order valence-electron chi connectivity index (χ4n) is 4.68. The molecule has 2 aromatic carbocycles. The largest absolute Gasteiger partial charge is 0.381 e. The van der Waals surface area contributed by atoms with Gasteiger partial charge < -0.3 is 10.1 Å². The number of ether oxygens (including phenoxy) is 1. The number of nitrogens with zero attached hydrogens (tertiary/aromatic N) is 1. The summed E-state index contributed by atoms with van der Waals surface area (Å²) in [6.07, 6.45) is 2.74. The summed E-state index contributed by atoms with van der Waals surface area (Å²) < 4.78 is 46.1. The summed E-state index contributed by atoms with van der Waals surface area (Å²) in [4.78, 5) is 13.1. The number of nitrogens with one attached hydrogen (secondary N) is 1. The lowest BCUT2D eigenvalue weighted by Crippen LogP contribution is -2.49. The molecule has 1 unspecified atom stereocenters. The fraction of sp³-hybridized carbons (Fsp3) is 0.458. The van der Waals surface area contributed by atoms with Crippen LogP contribution in [0.15, 0.2) is 53.4 Å². The Hall–Kier alpha value is -2.00. The predicted molar refractivity (Wildman–Crippen MR) is 124 cm³/mol. The number of benzene rings is 2. The van der Waals surface area contributed by atoms with E-state index < -0.39 is 21.8 Å². The lowest BCUT2D eigenvalue weighted by atomic mass is 9.74. The average molecular weight is 495 g/mol. The minimum Gasteiger partial charge on any atom is -0.381 e. The van der Waals surface area contributed by atoms with Gasteiger partial charge in [0.15, 0.2) is 0 Å². The Morgan fingerprint density at radius 1 is 1.18 bits per heavy atom. The van der Waals surface area contributed by atoms with Gasteiger partial charge in [-0.3, -0.25) is 4.79 Å². The van der Waals surface area contributed by atoms with Crippen LogP contribution in [0.5, 0.6) is 0 Å². The summed E-state index contributed by atoms with van der Waals surface area (Å²) in [7, 11) is -3.78. The van der Waals surface area contributed by atoms with Crippen molar-refractivity contribution in [1.82, 2.24) is 9.62 Å². The van der Waals surface area contributed by atoms with E-state index in [0.29, 0.717) is 44.2 Å². The number of sulfonamides is 1. The number of hydrogen-bond acceptors (Lipinski definition) is 4. The highest BCUT2D eigenvalue weighted by atomic mass is 35.5. The number of hydrogen-bond donors (Lipinski definition) is 1. The minimum atomic E-state index is -3.78. The minimum absolute atomic E-state index is 0.0343. The second-order valence-electron chi connectivity index (χ2n) is 8.78. The molecule has 0 aliphatic carbocycles. The Balaban J connectivity index is 1.45. The molecule has 0 spiro atoms. The standard InChI is InChI=1S/C24H28ClFN2O4S/c25-20-5-1-4-19(15-20)24(10-13-32-14-11-24)17-27-23(29)18-3-2-12-28(16-18)33(30,31)22-8-6-21(26)7-9-22/h1,4-9,15,18H,2-3,10-14,16-17H2,(H,27,29). The van der Waals surface area contributed by atoms with Crippen LogP contribution >= 0.6 is 11.6 Å². The van der Waals surface area contributed by atoms with Gasteiger partial charge in [-0.1, -0.05) is 23.7 Å². The maximum Gasteiger partial charge on any atom is 0.243 e. The predicted octanol–water partition coefficient (Wildman–Crippen LogP) is 3.74. The second kappa shape index (κ2) is 10.1. The van der Waals surface area contributed by atoms with Crippen LogP contribution in [0.25, 0.3) is 0 Å². The van der Waals surface area contributed by atoms with Crippen molar-refractivity contribution >= 4 is 27.5 Å². The van der Waals surface area contributed by atoms with E-state index in [9.17, 15) is 17.6 Å². The molecule has 178 valence electrons. The van der Waals surface area contributed by atoms with Crippen molar-refractivity contribution in [3.63, 3.8) is 0 Å². The Morgan fingerprint density at radius 2 is 1.91 bits per heavy atom. The van der Waals surface area contributed by atoms with Gasteiger partial charge in [0.05, 0.1) is 10.8 Å². The SMILES string of the molecule is O=C(NCC1(c2cccc(Cl)c2)CCOCC1)C1CCCN(S(=O)(=O)c2ccc(F)cc2)C1. The van der Waals surface area contributed by atoms with Crippen LogP contribution in [-0.2, 0) is 25.0 Å². The second-order valence-corrected chi connectivity index (χ2v) is 11.2. The molecule has 33 heavy (non-hydrogen) atoms. The third kappa shape index (κ3) is 5.40. The first-order valence-corrected chi connectivity index (χ1v) is 13.0. The van der Waals surface area contributed by atoms with E-state index in [1.54, 1.807) is 0 Å². The molecule has 0 bridgehead atoms. The molecule has 6 nitrogen and oxygen atoms in total. The van der Waals surface area contributed by atoms with E-state index in [2.05, 4.69) is 5.32 Å². The molecule has 1 N–H and O–H groups in total. The molecule has 1 amide bonds. The Morgan fingerprint density at radius 3 is 2.61 bits per heavy atom. The molecule has 2 aliphatic heterocycles. The van der Waals surface area contributed by atoms with Crippen molar-refractivity contribution in [2.45, 2.75) is 36.0 Å². The Bertz CT molecular complexity index is 1090. The molecular formula is C24H28ClFN2O4S. The monoisotopic (exact) mass is 494 g/mol. The van der Waals surface area contributed by atoms with Gasteiger partial charge in [-0.05, 0) is 67.6 Å². The number of rotatable bonds is 6. The zero-order valence-electron chi connectivity index (χ0n) is 18.3. The van der Waals surface area contributed by atoms with E-state index >= 15 is 0 Å². The molecule has 4 rings (SSSR count). The van der Waals surface area contributed by atoms with E-state index in [0.717, 1.165) is 30.5 Å². The van der Waals surface area contributed by atoms with Crippen molar-refractivity contribution in [2.75, 3.05) is 32.8 Å². The molecule has 0 aromatic heterocycles. The highest BCUT2D eigenvalue weighted by Crippen LogP contribution is 2.35. The van der Waals surface area contributed by atoms with Crippen molar-refractivity contribution in [2.24, 2.45) is 5.92 Å². The lowest BCUT2D eigenvalue weighted by Gasteiger charge is -2.39. The zero-order valence-corrected chi connectivity index (χ0v) is 19.9. The molecule has 2 aliphatic rings. The van der Waals surface area contributed by atoms with E-state index in [4.69, 9.17) is 16.3 Å². The zero-order chi connectivity index (χ0) is 23.5. The molecule has 2 fully saturated rings. The van der Waals surface area contributed by atoms with Crippen LogP contribution in [0.4, 0.5) is 4.39 Å². The third-order valence-corrected chi connectivity index (χ3v) is 8.81. The van der Waals surface area contributed by atoms with Crippen LogP contribution in [0.3, 0.4) is 0 Å². The number of carbonyl (C=O) groups is 1. The van der Waals surface area contributed by atoms with Gasteiger partial charge in [0.2, 0.25) is 15.9 Å². The summed E-state index contributed by atoms with van der Waals surface area (Å²) >= 11 is 6.23. The summed E-state index contributed by atoms with van der Waals surface area (Å²) in [5, 5.41) is 3.74. The van der Waals surface area contributed by atoms with E-state index in [1.165, 1.54) is 16.4 Å². The van der Waals surface area contributed by atoms with Gasteiger partial charge in [-0.15, -0.1) is 0 Å². The summed E-state index contributed by atoms with van der Waals surface area (Å²) in [5.41, 5.74) is 0.802.